The van der Waals surface area contributed by atoms with Gasteiger partial charge < -0.3 is 15.1 Å². The number of benzene rings is 2. The quantitative estimate of drug-likeness (QED) is 0.864. The third-order valence-electron chi connectivity index (χ3n) is 5.27. The minimum atomic E-state index is 0.0233. The van der Waals surface area contributed by atoms with E-state index in [2.05, 4.69) is 60.5 Å². The van der Waals surface area contributed by atoms with Crippen LogP contribution in [0.5, 0.6) is 0 Å². The van der Waals surface area contributed by atoms with Crippen LogP contribution in [0.1, 0.15) is 37.4 Å². The average Bonchev–Trinajstić information content (AvgIpc) is 3.02. The minimum Gasteiger partial charge on any atom is -0.339 e. The van der Waals surface area contributed by atoms with E-state index in [1.807, 2.05) is 11.0 Å². The molecule has 1 amide bonds. The Morgan fingerprint density at radius 1 is 1.16 bits per heavy atom. The molecule has 4 rings (SSSR count). The molecule has 2 heterocycles. The topological polar surface area (TPSA) is 35.6 Å². The molecule has 1 atom stereocenters. The van der Waals surface area contributed by atoms with Gasteiger partial charge in [0.1, 0.15) is 0 Å². The highest BCUT2D eigenvalue weighted by Crippen LogP contribution is 2.48. The summed E-state index contributed by atoms with van der Waals surface area (Å²) in [7, 11) is 0. The number of amides is 1. The predicted molar refractivity (Wildman–Crippen MR) is 103 cm³/mol. The van der Waals surface area contributed by atoms with Crippen LogP contribution in [0.3, 0.4) is 0 Å². The minimum absolute atomic E-state index is 0.0233. The summed E-state index contributed by atoms with van der Waals surface area (Å²) >= 11 is 0. The molecular formula is C21H25N3O. The van der Waals surface area contributed by atoms with Crippen molar-refractivity contribution in [3.63, 3.8) is 0 Å². The van der Waals surface area contributed by atoms with Gasteiger partial charge in [-0.1, -0.05) is 37.3 Å². The van der Waals surface area contributed by atoms with Crippen LogP contribution in [0.2, 0.25) is 0 Å². The standard InChI is InChI=1S/C21H25N3O/c1-3-12-22-14-20(25)24-15(2)17-8-6-7-16-11-13-23(21(16)17)18-9-4-5-10-19(18)24/h4-10,15,22H,3,11-14H2,1-2H3. The van der Waals surface area contributed by atoms with E-state index in [9.17, 15) is 4.79 Å². The van der Waals surface area contributed by atoms with Crippen LogP contribution in [-0.4, -0.2) is 25.5 Å². The van der Waals surface area contributed by atoms with Crippen LogP contribution in [-0.2, 0) is 11.2 Å². The summed E-state index contributed by atoms with van der Waals surface area (Å²) < 4.78 is 0. The van der Waals surface area contributed by atoms with Gasteiger partial charge in [0.25, 0.3) is 0 Å². The predicted octanol–water partition coefficient (Wildman–Crippen LogP) is 3.79. The summed E-state index contributed by atoms with van der Waals surface area (Å²) in [5.41, 5.74) is 6.09. The van der Waals surface area contributed by atoms with E-state index in [1.54, 1.807) is 0 Å². The van der Waals surface area contributed by atoms with E-state index in [0.717, 1.165) is 37.3 Å². The summed E-state index contributed by atoms with van der Waals surface area (Å²) in [5, 5.41) is 3.26. The molecule has 0 aromatic heterocycles. The first-order valence-corrected chi connectivity index (χ1v) is 9.23. The van der Waals surface area contributed by atoms with E-state index >= 15 is 0 Å². The number of fused-ring (bicyclic) bond motifs is 2. The Bertz CT molecular complexity index is 801. The van der Waals surface area contributed by atoms with Gasteiger partial charge in [0, 0.05) is 12.2 Å². The van der Waals surface area contributed by atoms with Gasteiger partial charge in [-0.25, -0.2) is 0 Å². The van der Waals surface area contributed by atoms with Crippen LogP contribution < -0.4 is 15.1 Å². The molecule has 0 saturated heterocycles. The monoisotopic (exact) mass is 335 g/mol. The van der Waals surface area contributed by atoms with Gasteiger partial charge in [0.15, 0.2) is 0 Å². The number of nitrogens with zero attached hydrogens (tertiary/aromatic N) is 2. The molecule has 2 aliphatic heterocycles. The molecule has 4 nitrogen and oxygen atoms in total. The van der Waals surface area contributed by atoms with Crippen molar-refractivity contribution < 1.29 is 4.79 Å². The van der Waals surface area contributed by atoms with E-state index in [4.69, 9.17) is 0 Å². The Morgan fingerprint density at radius 2 is 1.96 bits per heavy atom. The number of carbonyl (C=O) groups excluding carboxylic acids is 1. The largest absolute Gasteiger partial charge is 0.339 e. The van der Waals surface area contributed by atoms with Crippen LogP contribution in [0.25, 0.3) is 0 Å². The highest BCUT2D eigenvalue weighted by atomic mass is 16.2. The second-order valence-electron chi connectivity index (χ2n) is 6.86. The van der Waals surface area contributed by atoms with Gasteiger partial charge in [-0.05, 0) is 49.6 Å². The van der Waals surface area contributed by atoms with Gasteiger partial charge in [0.2, 0.25) is 5.91 Å². The highest BCUT2D eigenvalue weighted by Gasteiger charge is 2.35. The Balaban J connectivity index is 1.82. The van der Waals surface area contributed by atoms with Crippen molar-refractivity contribution in [2.24, 2.45) is 0 Å². The lowest BCUT2D eigenvalue weighted by Gasteiger charge is -2.29. The van der Waals surface area contributed by atoms with E-state index in [0.29, 0.717) is 6.54 Å². The molecule has 0 saturated carbocycles. The molecule has 4 heteroatoms. The van der Waals surface area contributed by atoms with Crippen molar-refractivity contribution in [2.75, 3.05) is 29.4 Å². The van der Waals surface area contributed by atoms with Gasteiger partial charge in [-0.3, -0.25) is 4.79 Å². The number of hydrogen-bond acceptors (Lipinski definition) is 3. The van der Waals surface area contributed by atoms with Crippen molar-refractivity contribution in [2.45, 2.75) is 32.7 Å². The summed E-state index contributed by atoms with van der Waals surface area (Å²) in [6.07, 6.45) is 2.09. The van der Waals surface area contributed by atoms with E-state index in [-0.39, 0.29) is 11.9 Å². The third-order valence-corrected chi connectivity index (χ3v) is 5.27. The van der Waals surface area contributed by atoms with Crippen LogP contribution in [0.4, 0.5) is 17.1 Å². The van der Waals surface area contributed by atoms with Crippen LogP contribution in [0, 0.1) is 0 Å². The first kappa shape index (κ1) is 16.2. The zero-order valence-electron chi connectivity index (χ0n) is 15.0. The molecule has 0 bridgehead atoms. The molecule has 0 spiro atoms. The van der Waals surface area contributed by atoms with Gasteiger partial charge in [-0.15, -0.1) is 0 Å². The summed E-state index contributed by atoms with van der Waals surface area (Å²) in [6, 6.07) is 14.8. The number of nitrogens with one attached hydrogen (secondary N) is 1. The Labute approximate surface area is 149 Å². The van der Waals surface area contributed by atoms with Crippen LogP contribution in [0.15, 0.2) is 42.5 Å². The molecule has 0 fully saturated rings. The number of para-hydroxylation sites is 3. The van der Waals surface area contributed by atoms with E-state index < -0.39 is 0 Å². The Morgan fingerprint density at radius 3 is 2.76 bits per heavy atom. The maximum Gasteiger partial charge on any atom is 0.241 e. The van der Waals surface area contributed by atoms with Gasteiger partial charge >= 0.3 is 0 Å². The third kappa shape index (κ3) is 2.61. The van der Waals surface area contributed by atoms with Crippen molar-refractivity contribution in [1.82, 2.24) is 5.32 Å². The lowest BCUT2D eigenvalue weighted by Crippen LogP contribution is -2.40. The molecule has 2 aromatic rings. The lowest BCUT2D eigenvalue weighted by molar-refractivity contribution is -0.118. The molecule has 1 N–H and O–H groups in total. The Kier molecular flexibility index (Phi) is 4.22. The van der Waals surface area contributed by atoms with Crippen molar-refractivity contribution in [3.8, 4) is 0 Å². The molecular weight excluding hydrogens is 310 g/mol. The molecule has 25 heavy (non-hydrogen) atoms. The lowest BCUT2D eigenvalue weighted by atomic mass is 10.0. The fraction of sp³-hybridized carbons (Fsp3) is 0.381. The molecule has 0 aliphatic carbocycles. The maximum atomic E-state index is 13.1. The highest BCUT2D eigenvalue weighted by molar-refractivity contribution is 6.01. The fourth-order valence-corrected chi connectivity index (χ4v) is 4.12. The van der Waals surface area contributed by atoms with Gasteiger partial charge in [-0.2, -0.15) is 0 Å². The second-order valence-corrected chi connectivity index (χ2v) is 6.86. The van der Waals surface area contributed by atoms with Gasteiger partial charge in [0.05, 0.1) is 24.0 Å². The molecule has 0 radical (unpaired) electrons. The van der Waals surface area contributed by atoms with Crippen molar-refractivity contribution in [1.29, 1.82) is 0 Å². The SMILES string of the molecule is CCCNCC(=O)N1c2ccccc2N2CCc3cccc(c32)C1C. The maximum absolute atomic E-state index is 13.1. The molecule has 130 valence electrons. The Hall–Kier alpha value is -2.33. The smallest absolute Gasteiger partial charge is 0.241 e. The number of carbonyl (C=O) groups is 1. The summed E-state index contributed by atoms with van der Waals surface area (Å²) in [5.74, 6) is 0.132. The summed E-state index contributed by atoms with van der Waals surface area (Å²) in [6.45, 7) is 6.48. The number of rotatable bonds is 4. The molecule has 2 aliphatic rings. The zero-order valence-corrected chi connectivity index (χ0v) is 15.0. The zero-order chi connectivity index (χ0) is 17.4. The first-order valence-electron chi connectivity index (χ1n) is 9.23. The normalized spacial score (nSPS) is 17.9. The molecule has 1 unspecified atom stereocenters. The molecule has 2 aromatic carbocycles. The van der Waals surface area contributed by atoms with E-state index in [1.165, 1.54) is 16.8 Å². The van der Waals surface area contributed by atoms with Crippen molar-refractivity contribution >= 4 is 23.0 Å². The number of hydrogen-bond donors (Lipinski definition) is 1. The first-order chi connectivity index (χ1) is 12.2. The van der Waals surface area contributed by atoms with Crippen molar-refractivity contribution in [3.05, 3.63) is 53.6 Å². The fourth-order valence-electron chi connectivity index (χ4n) is 4.12. The number of anilines is 3. The summed E-state index contributed by atoms with van der Waals surface area (Å²) in [4.78, 5) is 17.4. The second kappa shape index (κ2) is 6.52. The van der Waals surface area contributed by atoms with Crippen LogP contribution >= 0.6 is 0 Å². The average molecular weight is 335 g/mol.